The van der Waals surface area contributed by atoms with Gasteiger partial charge in [0.25, 0.3) is 0 Å². The van der Waals surface area contributed by atoms with E-state index in [0.29, 0.717) is 52.4 Å². The van der Waals surface area contributed by atoms with Crippen molar-refractivity contribution in [3.8, 4) is 0 Å². The predicted molar refractivity (Wildman–Crippen MR) is 94.2 cm³/mol. The predicted octanol–water partition coefficient (Wildman–Crippen LogP) is -1.01. The summed E-state index contributed by atoms with van der Waals surface area (Å²) in [5.41, 5.74) is 0. The van der Waals surface area contributed by atoms with E-state index in [4.69, 9.17) is 4.74 Å². The van der Waals surface area contributed by atoms with Crippen molar-refractivity contribution in [2.24, 2.45) is 0 Å². The molecule has 1 saturated heterocycles. The van der Waals surface area contributed by atoms with Crippen molar-refractivity contribution in [2.45, 2.75) is 26.3 Å². The quantitative estimate of drug-likeness (QED) is 0.457. The maximum Gasteiger partial charge on any atom is 0.321 e. The van der Waals surface area contributed by atoms with E-state index in [-0.39, 0.29) is 17.9 Å². The molecule has 0 bridgehead atoms. The van der Waals surface area contributed by atoms with E-state index in [1.165, 1.54) is 0 Å². The largest absolute Gasteiger partial charge is 0.385 e. The van der Waals surface area contributed by atoms with E-state index >= 15 is 0 Å². The van der Waals surface area contributed by atoms with Crippen LogP contribution in [0.15, 0.2) is 0 Å². The van der Waals surface area contributed by atoms with Gasteiger partial charge in [0, 0.05) is 53.0 Å². The Bertz CT molecular complexity index is 438. The first-order chi connectivity index (χ1) is 12.0. The lowest BCUT2D eigenvalue weighted by Gasteiger charge is -2.36. The first kappa shape index (κ1) is 21.3. The van der Waals surface area contributed by atoms with Gasteiger partial charge in [-0.15, -0.1) is 0 Å². The Labute approximate surface area is 149 Å². The average molecular weight is 357 g/mol. The van der Waals surface area contributed by atoms with Crippen LogP contribution < -0.4 is 16.0 Å². The number of hydrogen-bond acceptors (Lipinski definition) is 6. The number of imide groups is 1. The van der Waals surface area contributed by atoms with Crippen LogP contribution in [0.4, 0.5) is 4.79 Å². The van der Waals surface area contributed by atoms with Gasteiger partial charge in [-0.25, -0.2) is 4.79 Å². The number of carbonyl (C=O) groups is 3. The van der Waals surface area contributed by atoms with Gasteiger partial charge >= 0.3 is 6.03 Å². The summed E-state index contributed by atoms with van der Waals surface area (Å²) in [6.45, 7) is 8.45. The van der Waals surface area contributed by atoms with Gasteiger partial charge in [-0.1, -0.05) is 0 Å². The first-order valence-corrected chi connectivity index (χ1v) is 8.78. The zero-order chi connectivity index (χ0) is 18.7. The van der Waals surface area contributed by atoms with Gasteiger partial charge in [0.05, 0.1) is 12.6 Å². The fourth-order valence-corrected chi connectivity index (χ4v) is 2.60. The number of hydrogen-bond donors (Lipinski definition) is 3. The van der Waals surface area contributed by atoms with Crippen LogP contribution in [0.25, 0.3) is 0 Å². The van der Waals surface area contributed by atoms with Crippen molar-refractivity contribution >= 4 is 17.8 Å². The van der Waals surface area contributed by atoms with Crippen LogP contribution >= 0.6 is 0 Å². The Morgan fingerprint density at radius 2 is 1.80 bits per heavy atom. The molecule has 1 rings (SSSR count). The standard InChI is InChI=1S/C16H31N5O4/c1-4-17-16(24)19-15(23)13(2)21-9-7-20(8-10-21)12-14(22)18-6-5-11-25-3/h13H,4-12H2,1-3H3,(H,18,22)(H2,17,19,23,24). The summed E-state index contributed by atoms with van der Waals surface area (Å²) in [5.74, 6) is -0.304. The van der Waals surface area contributed by atoms with Crippen LogP contribution in [0.5, 0.6) is 0 Å². The second kappa shape index (κ2) is 11.8. The minimum absolute atomic E-state index is 0.00609. The Morgan fingerprint density at radius 1 is 1.12 bits per heavy atom. The maximum atomic E-state index is 12.1. The van der Waals surface area contributed by atoms with Crippen molar-refractivity contribution in [3.63, 3.8) is 0 Å². The van der Waals surface area contributed by atoms with Gasteiger partial charge in [0.2, 0.25) is 11.8 Å². The van der Waals surface area contributed by atoms with Gasteiger partial charge in [0.1, 0.15) is 0 Å². The Balaban J connectivity index is 2.27. The molecule has 1 unspecified atom stereocenters. The van der Waals surface area contributed by atoms with Gasteiger partial charge in [-0.2, -0.15) is 0 Å². The molecular weight excluding hydrogens is 326 g/mol. The lowest BCUT2D eigenvalue weighted by Crippen LogP contribution is -2.56. The van der Waals surface area contributed by atoms with Crippen LogP contribution in [0.1, 0.15) is 20.3 Å². The summed E-state index contributed by atoms with van der Waals surface area (Å²) < 4.78 is 4.94. The molecule has 1 atom stereocenters. The van der Waals surface area contributed by atoms with Crippen LogP contribution in [0, 0.1) is 0 Å². The molecule has 1 aliphatic heterocycles. The molecule has 1 heterocycles. The number of nitrogens with one attached hydrogen (secondary N) is 3. The third-order valence-electron chi connectivity index (χ3n) is 4.12. The van der Waals surface area contributed by atoms with Crippen LogP contribution in [-0.4, -0.2) is 93.2 Å². The lowest BCUT2D eigenvalue weighted by molar-refractivity contribution is -0.127. The van der Waals surface area contributed by atoms with E-state index < -0.39 is 6.03 Å². The zero-order valence-corrected chi connectivity index (χ0v) is 15.5. The van der Waals surface area contributed by atoms with Gasteiger partial charge in [0.15, 0.2) is 0 Å². The number of amides is 4. The third kappa shape index (κ3) is 8.28. The highest BCUT2D eigenvalue weighted by Gasteiger charge is 2.27. The summed E-state index contributed by atoms with van der Waals surface area (Å²) in [6.07, 6.45) is 0.800. The van der Waals surface area contributed by atoms with Gasteiger partial charge in [-0.3, -0.25) is 24.7 Å². The molecule has 0 aromatic heterocycles. The summed E-state index contributed by atoms with van der Waals surface area (Å²) >= 11 is 0. The Morgan fingerprint density at radius 3 is 2.40 bits per heavy atom. The highest BCUT2D eigenvalue weighted by Crippen LogP contribution is 2.06. The smallest absolute Gasteiger partial charge is 0.321 e. The molecule has 0 aromatic rings. The van der Waals surface area contributed by atoms with Crippen LogP contribution in [0.3, 0.4) is 0 Å². The number of urea groups is 1. The topological polar surface area (TPSA) is 103 Å². The van der Waals surface area contributed by atoms with Crippen LogP contribution in [0.2, 0.25) is 0 Å². The number of ether oxygens (including phenoxy) is 1. The van der Waals surface area contributed by atoms with Crippen LogP contribution in [-0.2, 0) is 14.3 Å². The summed E-state index contributed by atoms with van der Waals surface area (Å²) in [4.78, 5) is 39.4. The number of carbonyl (C=O) groups excluding carboxylic acids is 3. The van der Waals surface area contributed by atoms with Crippen molar-refractivity contribution in [3.05, 3.63) is 0 Å². The molecule has 4 amide bonds. The summed E-state index contributed by atoms with van der Waals surface area (Å²) in [5, 5.41) is 7.74. The highest BCUT2D eigenvalue weighted by molar-refractivity contribution is 5.96. The second-order valence-electron chi connectivity index (χ2n) is 6.03. The minimum Gasteiger partial charge on any atom is -0.385 e. The van der Waals surface area contributed by atoms with Gasteiger partial charge < -0.3 is 15.4 Å². The molecule has 9 heteroatoms. The third-order valence-corrected chi connectivity index (χ3v) is 4.12. The fourth-order valence-electron chi connectivity index (χ4n) is 2.60. The fraction of sp³-hybridized carbons (Fsp3) is 0.812. The van der Waals surface area contributed by atoms with Crippen molar-refractivity contribution in [1.29, 1.82) is 0 Å². The summed E-state index contributed by atoms with van der Waals surface area (Å²) in [7, 11) is 1.64. The molecule has 1 fully saturated rings. The van der Waals surface area contributed by atoms with Crippen molar-refractivity contribution in [2.75, 3.05) is 59.5 Å². The van der Waals surface area contributed by atoms with E-state index in [1.54, 1.807) is 21.0 Å². The Hall–Kier alpha value is -1.71. The molecule has 25 heavy (non-hydrogen) atoms. The molecule has 0 radical (unpaired) electrons. The van der Waals surface area contributed by atoms with E-state index in [9.17, 15) is 14.4 Å². The number of nitrogens with zero attached hydrogens (tertiary/aromatic N) is 2. The molecule has 3 N–H and O–H groups in total. The molecule has 144 valence electrons. The minimum atomic E-state index is -0.469. The molecule has 0 spiro atoms. The molecule has 1 aliphatic rings. The monoisotopic (exact) mass is 357 g/mol. The maximum absolute atomic E-state index is 12.1. The first-order valence-electron chi connectivity index (χ1n) is 8.78. The Kier molecular flexibility index (Phi) is 10.0. The average Bonchev–Trinajstić information content (AvgIpc) is 2.59. The molecular formula is C16H31N5O4. The molecule has 0 aromatic carbocycles. The number of methoxy groups -OCH3 is 1. The normalized spacial score (nSPS) is 16.9. The van der Waals surface area contributed by atoms with E-state index in [1.807, 2.05) is 4.90 Å². The van der Waals surface area contributed by atoms with E-state index in [2.05, 4.69) is 20.9 Å². The SMILES string of the molecule is CCNC(=O)NC(=O)C(C)N1CCN(CC(=O)NCCCOC)CC1. The molecule has 0 saturated carbocycles. The molecule has 0 aliphatic carbocycles. The summed E-state index contributed by atoms with van der Waals surface area (Å²) in [6, 6.07) is -0.851. The van der Waals surface area contributed by atoms with Gasteiger partial charge in [-0.05, 0) is 20.3 Å². The second-order valence-corrected chi connectivity index (χ2v) is 6.03. The lowest BCUT2D eigenvalue weighted by atomic mass is 10.2. The van der Waals surface area contributed by atoms with E-state index in [0.717, 1.165) is 6.42 Å². The number of rotatable bonds is 9. The van der Waals surface area contributed by atoms with Crippen molar-refractivity contribution < 1.29 is 19.1 Å². The highest BCUT2D eigenvalue weighted by atomic mass is 16.5. The number of piperazine rings is 1. The van der Waals surface area contributed by atoms with Crippen molar-refractivity contribution in [1.82, 2.24) is 25.8 Å². The zero-order valence-electron chi connectivity index (χ0n) is 15.5. The molecule has 9 nitrogen and oxygen atoms in total.